The van der Waals surface area contributed by atoms with E-state index >= 15 is 0 Å². The lowest BCUT2D eigenvalue weighted by molar-refractivity contribution is -0.113. The van der Waals surface area contributed by atoms with Crippen LogP contribution in [0.4, 0.5) is 0 Å². The first kappa shape index (κ1) is 13.8. The molecule has 0 fully saturated rings. The average molecular weight is 297 g/mol. The number of nitrogens with one attached hydrogen (secondary N) is 1. The zero-order valence-electron chi connectivity index (χ0n) is 11.8. The van der Waals surface area contributed by atoms with Crippen molar-refractivity contribution in [1.82, 2.24) is 15.4 Å². The molecule has 5 heteroatoms. The summed E-state index contributed by atoms with van der Waals surface area (Å²) >= 11 is 1.14. The van der Waals surface area contributed by atoms with Crippen LogP contribution >= 0.6 is 11.8 Å². The number of hydrogen-bond acceptors (Lipinski definition) is 4. The first-order chi connectivity index (χ1) is 10.2. The fourth-order valence-corrected chi connectivity index (χ4v) is 2.88. The summed E-state index contributed by atoms with van der Waals surface area (Å²) in [5.41, 5.74) is 1.71. The van der Waals surface area contributed by atoms with Crippen molar-refractivity contribution < 1.29 is 4.79 Å². The van der Waals surface area contributed by atoms with Gasteiger partial charge in [0.05, 0.1) is 0 Å². The minimum absolute atomic E-state index is 0.0351. The molecule has 0 aliphatic carbocycles. The lowest BCUT2D eigenvalue weighted by atomic mass is 10.0. The van der Waals surface area contributed by atoms with Gasteiger partial charge in [0.15, 0.2) is 10.1 Å². The van der Waals surface area contributed by atoms with Crippen LogP contribution in [0.15, 0.2) is 47.5 Å². The quantitative estimate of drug-likeness (QED) is 0.745. The van der Waals surface area contributed by atoms with Crippen molar-refractivity contribution in [3.05, 3.63) is 42.5 Å². The van der Waals surface area contributed by atoms with Crippen molar-refractivity contribution in [3.8, 4) is 11.3 Å². The molecular formula is C16H15N3OS. The van der Waals surface area contributed by atoms with Gasteiger partial charge in [-0.1, -0.05) is 56.3 Å². The lowest BCUT2D eigenvalue weighted by Crippen LogP contribution is -2.01. The molecule has 0 aliphatic heterocycles. The van der Waals surface area contributed by atoms with E-state index in [1.54, 1.807) is 0 Å². The summed E-state index contributed by atoms with van der Waals surface area (Å²) in [5.74, 6) is -0.0351. The molecule has 0 amide bonds. The molecule has 106 valence electrons. The van der Waals surface area contributed by atoms with Gasteiger partial charge in [-0.3, -0.25) is 4.79 Å². The molecule has 0 bridgehead atoms. The second-order valence-corrected chi connectivity index (χ2v) is 6.07. The van der Waals surface area contributed by atoms with E-state index in [1.165, 1.54) is 0 Å². The SMILES string of the molecule is CC(C)C(=O)Sc1n[nH]nc1-c1cccc2ccccc12. The maximum absolute atomic E-state index is 11.9. The minimum atomic E-state index is -0.0351. The second kappa shape index (κ2) is 5.69. The van der Waals surface area contributed by atoms with Gasteiger partial charge in [-0.15, -0.1) is 5.10 Å². The Labute approximate surface area is 126 Å². The number of benzene rings is 2. The maximum atomic E-state index is 11.9. The van der Waals surface area contributed by atoms with E-state index in [0.717, 1.165) is 33.8 Å². The molecule has 0 unspecified atom stereocenters. The van der Waals surface area contributed by atoms with E-state index in [9.17, 15) is 4.79 Å². The van der Waals surface area contributed by atoms with E-state index in [1.807, 2.05) is 38.1 Å². The summed E-state index contributed by atoms with van der Waals surface area (Å²) in [5, 5.41) is 14.0. The van der Waals surface area contributed by atoms with Crippen LogP contribution in [0.25, 0.3) is 22.0 Å². The number of carbonyl (C=O) groups is 1. The highest BCUT2D eigenvalue weighted by Crippen LogP contribution is 2.33. The van der Waals surface area contributed by atoms with E-state index in [4.69, 9.17) is 0 Å². The van der Waals surface area contributed by atoms with Gasteiger partial charge in [-0.25, -0.2) is 0 Å². The Morgan fingerprint density at radius 3 is 2.67 bits per heavy atom. The van der Waals surface area contributed by atoms with Crippen molar-refractivity contribution in [2.45, 2.75) is 18.9 Å². The topological polar surface area (TPSA) is 58.6 Å². The Morgan fingerprint density at radius 1 is 1.10 bits per heavy atom. The molecule has 0 saturated heterocycles. The van der Waals surface area contributed by atoms with Crippen LogP contribution in [0.2, 0.25) is 0 Å². The van der Waals surface area contributed by atoms with Gasteiger partial charge in [0.1, 0.15) is 5.69 Å². The standard InChI is InChI=1S/C16H15N3OS/c1-10(2)16(20)21-15-14(17-19-18-15)13-9-5-7-11-6-3-4-8-12(11)13/h3-10H,1-2H3,(H,17,18,19). The smallest absolute Gasteiger partial charge is 0.197 e. The molecule has 0 radical (unpaired) electrons. The number of thioether (sulfide) groups is 1. The number of carbonyl (C=O) groups excluding carboxylic acids is 1. The van der Waals surface area contributed by atoms with Gasteiger partial charge in [-0.05, 0) is 22.5 Å². The Bertz CT molecular complexity index is 790. The second-order valence-electron chi connectivity index (χ2n) is 5.08. The monoisotopic (exact) mass is 297 g/mol. The Hall–Kier alpha value is -2.14. The van der Waals surface area contributed by atoms with Crippen LogP contribution in [0, 0.1) is 5.92 Å². The fourth-order valence-electron chi connectivity index (χ4n) is 2.11. The van der Waals surface area contributed by atoms with Crippen LogP contribution in [0.3, 0.4) is 0 Å². The van der Waals surface area contributed by atoms with E-state index in [0.29, 0.717) is 5.03 Å². The normalized spacial score (nSPS) is 11.2. The first-order valence-electron chi connectivity index (χ1n) is 6.77. The number of aromatic amines is 1. The fraction of sp³-hybridized carbons (Fsp3) is 0.188. The van der Waals surface area contributed by atoms with Crippen LogP contribution in [0.1, 0.15) is 13.8 Å². The molecule has 0 atom stereocenters. The van der Waals surface area contributed by atoms with Gasteiger partial charge in [-0.2, -0.15) is 10.3 Å². The molecule has 2 aromatic carbocycles. The van der Waals surface area contributed by atoms with Gasteiger partial charge in [0.25, 0.3) is 0 Å². The highest BCUT2D eigenvalue weighted by atomic mass is 32.2. The highest BCUT2D eigenvalue weighted by molar-refractivity contribution is 8.13. The lowest BCUT2D eigenvalue weighted by Gasteiger charge is -2.06. The van der Waals surface area contributed by atoms with Crippen LogP contribution < -0.4 is 0 Å². The van der Waals surface area contributed by atoms with Gasteiger partial charge >= 0.3 is 0 Å². The Balaban J connectivity index is 2.08. The molecule has 3 aromatic rings. The predicted molar refractivity (Wildman–Crippen MR) is 85.0 cm³/mol. The Kier molecular flexibility index (Phi) is 3.75. The highest BCUT2D eigenvalue weighted by Gasteiger charge is 2.18. The predicted octanol–water partition coefficient (Wildman–Crippen LogP) is 3.90. The number of aromatic nitrogens is 3. The van der Waals surface area contributed by atoms with E-state index < -0.39 is 0 Å². The van der Waals surface area contributed by atoms with Crippen LogP contribution in [-0.2, 0) is 4.79 Å². The van der Waals surface area contributed by atoms with E-state index in [2.05, 4.69) is 33.6 Å². The number of fused-ring (bicyclic) bond motifs is 1. The number of rotatable bonds is 3. The molecule has 1 aromatic heterocycles. The van der Waals surface area contributed by atoms with Crippen molar-refractivity contribution in [3.63, 3.8) is 0 Å². The number of nitrogens with zero attached hydrogens (tertiary/aromatic N) is 2. The van der Waals surface area contributed by atoms with Crippen LogP contribution in [-0.4, -0.2) is 20.5 Å². The molecule has 21 heavy (non-hydrogen) atoms. The third-order valence-electron chi connectivity index (χ3n) is 3.23. The van der Waals surface area contributed by atoms with E-state index in [-0.39, 0.29) is 11.0 Å². The summed E-state index contributed by atoms with van der Waals surface area (Å²) in [6.45, 7) is 3.76. The zero-order valence-corrected chi connectivity index (χ0v) is 12.6. The van der Waals surface area contributed by atoms with Gasteiger partial charge in [0.2, 0.25) is 0 Å². The number of hydrogen-bond donors (Lipinski definition) is 1. The average Bonchev–Trinajstić information content (AvgIpc) is 2.94. The first-order valence-corrected chi connectivity index (χ1v) is 7.59. The van der Waals surface area contributed by atoms with Crippen molar-refractivity contribution >= 4 is 27.6 Å². The zero-order chi connectivity index (χ0) is 14.8. The summed E-state index contributed by atoms with van der Waals surface area (Å²) < 4.78 is 0. The summed E-state index contributed by atoms with van der Waals surface area (Å²) in [6, 6.07) is 14.2. The maximum Gasteiger partial charge on any atom is 0.197 e. The van der Waals surface area contributed by atoms with Crippen LogP contribution in [0.5, 0.6) is 0 Å². The van der Waals surface area contributed by atoms with Crippen molar-refractivity contribution in [1.29, 1.82) is 0 Å². The van der Waals surface area contributed by atoms with Gasteiger partial charge < -0.3 is 0 Å². The molecule has 0 spiro atoms. The molecule has 3 rings (SSSR count). The molecule has 0 aliphatic rings. The summed E-state index contributed by atoms with van der Waals surface area (Å²) in [4.78, 5) is 11.9. The minimum Gasteiger partial charge on any atom is -0.286 e. The largest absolute Gasteiger partial charge is 0.286 e. The third-order valence-corrected chi connectivity index (χ3v) is 4.38. The van der Waals surface area contributed by atoms with Crippen molar-refractivity contribution in [2.75, 3.05) is 0 Å². The Morgan fingerprint density at radius 2 is 1.86 bits per heavy atom. The van der Waals surface area contributed by atoms with Crippen molar-refractivity contribution in [2.24, 2.45) is 5.92 Å². The summed E-state index contributed by atoms with van der Waals surface area (Å²) in [6.07, 6.45) is 0. The molecular weight excluding hydrogens is 282 g/mol. The molecule has 1 heterocycles. The molecule has 1 N–H and O–H groups in total. The number of H-pyrrole nitrogens is 1. The third kappa shape index (κ3) is 2.69. The molecule has 0 saturated carbocycles. The molecule has 4 nitrogen and oxygen atoms in total. The van der Waals surface area contributed by atoms with Gasteiger partial charge in [0, 0.05) is 11.5 Å². The summed E-state index contributed by atoms with van der Waals surface area (Å²) in [7, 11) is 0.